The third kappa shape index (κ3) is 3.20. The quantitative estimate of drug-likeness (QED) is 0.638. The maximum Gasteiger partial charge on any atom is 0.305 e. The van der Waals surface area contributed by atoms with Crippen molar-refractivity contribution < 1.29 is 18.3 Å². The normalized spacial score (nSPS) is 29.1. The first kappa shape index (κ1) is 13.5. The zero-order chi connectivity index (χ0) is 12.5. The van der Waals surface area contributed by atoms with Crippen molar-refractivity contribution in [1.82, 2.24) is 9.12 Å². The van der Waals surface area contributed by atoms with Gasteiger partial charge in [-0.3, -0.25) is 4.79 Å². The van der Waals surface area contributed by atoms with Gasteiger partial charge in [-0.15, -0.1) is 0 Å². The predicted octanol–water partition coefficient (Wildman–Crippen LogP) is -1.12. The number of carboxylic acid groups (broad SMARTS) is 1. The zero-order valence-corrected chi connectivity index (χ0v) is 10.1. The first-order valence-electron chi connectivity index (χ1n) is 4.91. The molecule has 0 saturated carbocycles. The molecule has 16 heavy (non-hydrogen) atoms. The summed E-state index contributed by atoms with van der Waals surface area (Å²) in [4.78, 5) is 12.1. The molecule has 0 aromatic rings. The number of carbonyl (C=O) groups is 1. The fourth-order valence-electron chi connectivity index (χ4n) is 2.16. The van der Waals surface area contributed by atoms with Crippen LogP contribution < -0.4 is 0 Å². The molecule has 1 saturated heterocycles. The summed E-state index contributed by atoms with van der Waals surface area (Å²) in [5.41, 5.74) is 0. The molecule has 2 radical (unpaired) electrons. The van der Waals surface area contributed by atoms with Gasteiger partial charge < -0.3 is 9.92 Å². The third-order valence-electron chi connectivity index (χ3n) is 2.53. The molecule has 0 amide bonds. The van der Waals surface area contributed by atoms with Crippen molar-refractivity contribution in [3.05, 3.63) is 0 Å². The van der Waals surface area contributed by atoms with Crippen molar-refractivity contribution in [3.8, 4) is 0 Å². The fourth-order valence-corrected chi connectivity index (χ4v) is 3.56. The minimum absolute atomic E-state index is 0.231. The number of carboxylic acids is 1. The molecule has 2 unspecified atom stereocenters. The van der Waals surface area contributed by atoms with Crippen LogP contribution in [0.1, 0.15) is 13.3 Å². The number of piperazine rings is 1. The minimum Gasteiger partial charge on any atom is -0.481 e. The first-order valence-corrected chi connectivity index (χ1v) is 6.76. The van der Waals surface area contributed by atoms with Crippen LogP contribution in [0, 0.1) is 0 Å². The predicted molar refractivity (Wildman–Crippen MR) is 59.5 cm³/mol. The zero-order valence-electron chi connectivity index (χ0n) is 9.33. The van der Waals surface area contributed by atoms with Crippen LogP contribution in [0.15, 0.2) is 0 Å². The molecule has 0 aromatic carbocycles. The lowest BCUT2D eigenvalue weighted by Crippen LogP contribution is -2.59. The Hall–Kier alpha value is -0.595. The number of nitrogens with zero attached hydrogens (tertiary/aromatic N) is 2. The fraction of sp³-hybridized carbons (Fsp3) is 0.875. The van der Waals surface area contributed by atoms with Crippen molar-refractivity contribution in [3.63, 3.8) is 0 Å². The van der Waals surface area contributed by atoms with E-state index in [1.807, 2.05) is 0 Å². The van der Waals surface area contributed by atoms with Gasteiger partial charge >= 0.3 is 5.97 Å². The van der Waals surface area contributed by atoms with E-state index < -0.39 is 22.0 Å². The second-order valence-corrected chi connectivity index (χ2v) is 6.04. The van der Waals surface area contributed by atoms with Gasteiger partial charge in [-0.25, -0.2) is 8.42 Å². The summed E-state index contributed by atoms with van der Waals surface area (Å²) >= 11 is 0. The van der Waals surface area contributed by atoms with Crippen LogP contribution in [0.25, 0.3) is 0 Å². The smallest absolute Gasteiger partial charge is 0.305 e. The number of hydrogen-bond acceptors (Lipinski definition) is 4. The number of hydrogen-bond donors (Lipinski definition) is 1. The Kier molecular flexibility index (Phi) is 3.98. The lowest BCUT2D eigenvalue weighted by atomic mass is 10.0. The molecule has 0 bridgehead atoms. The molecule has 1 heterocycles. The van der Waals surface area contributed by atoms with E-state index in [0.29, 0.717) is 6.54 Å². The molecular formula is C8H15BN2O4S. The molecule has 1 rings (SSSR count). The van der Waals surface area contributed by atoms with Crippen LogP contribution in [-0.2, 0) is 14.8 Å². The van der Waals surface area contributed by atoms with Gasteiger partial charge in [-0.1, -0.05) is 0 Å². The van der Waals surface area contributed by atoms with Crippen molar-refractivity contribution in [1.29, 1.82) is 0 Å². The number of sulfonamides is 1. The highest BCUT2D eigenvalue weighted by molar-refractivity contribution is 7.88. The summed E-state index contributed by atoms with van der Waals surface area (Å²) < 4.78 is 24.4. The monoisotopic (exact) mass is 246 g/mol. The van der Waals surface area contributed by atoms with Gasteiger partial charge in [0, 0.05) is 25.2 Å². The van der Waals surface area contributed by atoms with Gasteiger partial charge in [0.25, 0.3) is 0 Å². The first-order chi connectivity index (χ1) is 7.21. The van der Waals surface area contributed by atoms with Crippen LogP contribution in [0.4, 0.5) is 0 Å². The molecule has 0 aromatic heterocycles. The molecule has 1 aliphatic heterocycles. The van der Waals surface area contributed by atoms with Crippen LogP contribution >= 0.6 is 0 Å². The lowest BCUT2D eigenvalue weighted by molar-refractivity contribution is -0.138. The van der Waals surface area contributed by atoms with Crippen molar-refractivity contribution in [2.75, 3.05) is 19.3 Å². The molecule has 1 fully saturated rings. The molecule has 1 aliphatic rings. The summed E-state index contributed by atoms with van der Waals surface area (Å²) in [6.45, 7) is 2.36. The second kappa shape index (κ2) is 4.73. The van der Waals surface area contributed by atoms with E-state index in [1.54, 1.807) is 6.92 Å². The maximum atomic E-state index is 11.6. The van der Waals surface area contributed by atoms with Crippen LogP contribution in [-0.4, -0.2) is 68.0 Å². The van der Waals surface area contributed by atoms with E-state index in [1.165, 1.54) is 9.12 Å². The van der Waals surface area contributed by atoms with Crippen LogP contribution in [0.2, 0.25) is 0 Å². The van der Waals surface area contributed by atoms with E-state index in [0.717, 1.165) is 6.26 Å². The average Bonchev–Trinajstić information content (AvgIpc) is 1.96. The molecule has 8 heteroatoms. The summed E-state index contributed by atoms with van der Waals surface area (Å²) in [7, 11) is 2.21. The van der Waals surface area contributed by atoms with E-state index in [9.17, 15) is 13.2 Å². The van der Waals surface area contributed by atoms with E-state index in [4.69, 9.17) is 13.1 Å². The molecular weight excluding hydrogens is 231 g/mol. The van der Waals surface area contributed by atoms with Gasteiger partial charge in [-0.05, 0) is 6.92 Å². The Morgan fingerprint density at radius 1 is 1.50 bits per heavy atom. The van der Waals surface area contributed by atoms with Crippen molar-refractivity contribution in [2.24, 2.45) is 0 Å². The molecule has 0 aliphatic carbocycles. The van der Waals surface area contributed by atoms with E-state index >= 15 is 0 Å². The van der Waals surface area contributed by atoms with Crippen molar-refractivity contribution >= 4 is 24.0 Å². The average molecular weight is 246 g/mol. The van der Waals surface area contributed by atoms with Crippen LogP contribution in [0.3, 0.4) is 0 Å². The highest BCUT2D eigenvalue weighted by Gasteiger charge is 2.37. The summed E-state index contributed by atoms with van der Waals surface area (Å²) in [6, 6.07) is -0.903. The van der Waals surface area contributed by atoms with Gasteiger partial charge in [0.05, 0.1) is 12.7 Å². The third-order valence-corrected chi connectivity index (χ3v) is 3.96. The Bertz CT molecular complexity index is 372. The topological polar surface area (TPSA) is 77.9 Å². The number of aliphatic carboxylic acids is 1. The molecule has 90 valence electrons. The van der Waals surface area contributed by atoms with Gasteiger partial charge in [-0.2, -0.15) is 4.31 Å². The molecule has 6 nitrogen and oxygen atoms in total. The minimum atomic E-state index is -3.41. The van der Waals surface area contributed by atoms with Crippen molar-refractivity contribution in [2.45, 2.75) is 25.4 Å². The SMILES string of the molecule is [B]N1CC(C)N(S(C)(=O)=O)C(CC(=O)O)C1. The summed E-state index contributed by atoms with van der Waals surface area (Å²) in [6.07, 6.45) is 0.857. The Morgan fingerprint density at radius 2 is 2.06 bits per heavy atom. The number of rotatable bonds is 3. The summed E-state index contributed by atoms with van der Waals surface area (Å²) in [5, 5.41) is 8.74. The highest BCUT2D eigenvalue weighted by atomic mass is 32.2. The van der Waals surface area contributed by atoms with E-state index in [2.05, 4.69) is 0 Å². The molecule has 2 atom stereocenters. The lowest BCUT2D eigenvalue weighted by Gasteiger charge is -2.42. The molecule has 0 spiro atoms. The summed E-state index contributed by atoms with van der Waals surface area (Å²) in [5.74, 6) is -1.03. The Labute approximate surface area is 96.7 Å². The van der Waals surface area contributed by atoms with Gasteiger partial charge in [0.15, 0.2) is 7.98 Å². The molecule has 1 N–H and O–H groups in total. The Morgan fingerprint density at radius 3 is 2.50 bits per heavy atom. The highest BCUT2D eigenvalue weighted by Crippen LogP contribution is 2.20. The Balaban J connectivity index is 2.94. The van der Waals surface area contributed by atoms with Gasteiger partial charge in [0.2, 0.25) is 10.0 Å². The largest absolute Gasteiger partial charge is 0.481 e. The maximum absolute atomic E-state index is 11.6. The van der Waals surface area contributed by atoms with E-state index in [-0.39, 0.29) is 19.0 Å². The standard InChI is InChI=1S/C8H15BN2O4S/c1-6-4-10(9)5-7(3-8(12)13)11(6)16(2,14)15/h6-7H,3-5H2,1-2H3,(H,12,13). The van der Waals surface area contributed by atoms with Gasteiger partial charge in [0.1, 0.15) is 0 Å². The van der Waals surface area contributed by atoms with Crippen LogP contribution in [0.5, 0.6) is 0 Å². The second-order valence-electron chi connectivity index (χ2n) is 4.15.